The number of hydrogen-bond donors (Lipinski definition) is 3. The van der Waals surface area contributed by atoms with Gasteiger partial charge in [0.05, 0.1) is 39.6 Å². The smallest absolute Gasteiger partial charge is 0.253 e. The van der Waals surface area contributed by atoms with Crippen LogP contribution in [0.25, 0.3) is 33.3 Å². The highest BCUT2D eigenvalue weighted by molar-refractivity contribution is 6.14. The van der Waals surface area contributed by atoms with E-state index in [0.29, 0.717) is 27.6 Å². The third kappa shape index (κ3) is 15.1. The minimum Gasteiger partial charge on any atom is -0.486 e. The normalized spacial score (nSPS) is 14.3. The summed E-state index contributed by atoms with van der Waals surface area (Å²) in [6.45, 7) is 3.75. The van der Waals surface area contributed by atoms with Crippen molar-refractivity contribution in [3.63, 3.8) is 0 Å². The molecule has 0 fully saturated rings. The van der Waals surface area contributed by atoms with Crippen molar-refractivity contribution in [2.45, 2.75) is 39.5 Å². The molecule has 0 saturated heterocycles. The van der Waals surface area contributed by atoms with Crippen LogP contribution in [0.2, 0.25) is 0 Å². The predicted octanol–water partition coefficient (Wildman–Crippen LogP) is 0.960. The van der Waals surface area contributed by atoms with Gasteiger partial charge in [-0.1, -0.05) is 0 Å². The van der Waals surface area contributed by atoms with Crippen molar-refractivity contribution in [3.05, 3.63) is 89.1 Å². The standard InChI is InChI=1S/C54H60N8O16/c1-3-59(4-2)35-5-8-40-42(27-35)78-43-29-41(64)38-7-6-37(28-39(38)53(43)58-40)77-31-36(63)30-54(32-74-24-15-44(65)55-18-21-60-47(68)9-10-48(60)69,33-75-25-16-45(66)56-19-22-61-49(70)11-12-50(61)71)34-76-26-17-46(67)57-20-23-62-51(72)13-14-52(62)73/h5-14,27-29H,3-4,15-26,30-34H2,1-2H3,(H,55,65)(H,56,66)(H,57,67). The summed E-state index contributed by atoms with van der Waals surface area (Å²) in [5.74, 6) is -4.31. The third-order valence-electron chi connectivity index (χ3n) is 12.8. The number of amides is 9. The third-order valence-corrected chi connectivity index (χ3v) is 12.8. The number of carbonyl (C=O) groups is 10. The molecule has 3 N–H and O–H groups in total. The number of Topliss-reactive ketones (excluding diaryl/α,β-unsaturated/α-hetero) is 1. The Hall–Kier alpha value is -8.48. The van der Waals surface area contributed by atoms with Gasteiger partial charge in [-0.25, -0.2) is 4.98 Å². The van der Waals surface area contributed by atoms with Crippen molar-refractivity contribution in [2.75, 3.05) is 104 Å². The molecule has 0 atom stereocenters. The Bertz CT molecular complexity index is 2870. The zero-order valence-electron chi connectivity index (χ0n) is 43.2. The van der Waals surface area contributed by atoms with Gasteiger partial charge in [-0.15, -0.1) is 0 Å². The highest BCUT2D eigenvalue weighted by Gasteiger charge is 2.35. The molecule has 412 valence electrons. The SMILES string of the molecule is CCN(CC)c1ccc2nc3c4cc(OCC(=O)CC(COCCC(=O)NCCN5C(=O)C=CC5=O)(COCCC(=O)NCCN5C(=O)C=CC5=O)COCCC(=O)NCCN5C(=O)C=CC5=O)ccc4c(=O)cc-3oc2c1. The number of benzene rings is 3. The maximum atomic E-state index is 14.1. The Morgan fingerprint density at radius 3 is 1.50 bits per heavy atom. The van der Waals surface area contributed by atoms with Crippen LogP contribution in [0.3, 0.4) is 0 Å². The van der Waals surface area contributed by atoms with Gasteiger partial charge < -0.3 is 44.2 Å². The summed E-state index contributed by atoms with van der Waals surface area (Å²) in [4.78, 5) is 147. The molecule has 24 heteroatoms. The van der Waals surface area contributed by atoms with Gasteiger partial charge in [0.1, 0.15) is 23.6 Å². The Labute approximate surface area is 447 Å². The number of anilines is 1. The number of hydrogen-bond acceptors (Lipinski definition) is 18. The fourth-order valence-corrected chi connectivity index (χ4v) is 8.73. The zero-order valence-corrected chi connectivity index (χ0v) is 43.2. The quantitative estimate of drug-likeness (QED) is 0.0266. The number of imide groups is 3. The number of rotatable bonds is 32. The molecule has 24 nitrogen and oxygen atoms in total. The molecule has 0 unspecified atom stereocenters. The van der Waals surface area contributed by atoms with E-state index in [2.05, 4.69) is 20.9 Å². The number of nitrogens with zero attached hydrogens (tertiary/aromatic N) is 5. The number of carbonyl (C=O) groups excluding carboxylic acids is 10. The van der Waals surface area contributed by atoms with E-state index in [-0.39, 0.29) is 122 Å². The minimum atomic E-state index is -1.34. The number of fused-ring (bicyclic) bond motifs is 4. The van der Waals surface area contributed by atoms with Crippen LogP contribution in [0.5, 0.6) is 5.75 Å². The number of ether oxygens (including phenoxy) is 4. The predicted molar refractivity (Wildman–Crippen MR) is 278 cm³/mol. The van der Waals surface area contributed by atoms with Gasteiger partial charge in [-0.2, -0.15) is 0 Å². The van der Waals surface area contributed by atoms with Crippen LogP contribution in [-0.2, 0) is 62.2 Å². The van der Waals surface area contributed by atoms with E-state index in [1.807, 2.05) is 32.0 Å². The highest BCUT2D eigenvalue weighted by atomic mass is 16.5. The molecule has 0 bridgehead atoms. The highest BCUT2D eigenvalue weighted by Crippen LogP contribution is 2.34. The van der Waals surface area contributed by atoms with E-state index < -0.39 is 71.0 Å². The van der Waals surface area contributed by atoms with Crippen molar-refractivity contribution < 1.29 is 71.3 Å². The summed E-state index contributed by atoms with van der Waals surface area (Å²) in [6.07, 6.45) is 6.00. The first-order valence-corrected chi connectivity index (χ1v) is 25.4. The van der Waals surface area contributed by atoms with Crippen molar-refractivity contribution in [3.8, 4) is 17.2 Å². The molecule has 2 aromatic rings. The lowest BCUT2D eigenvalue weighted by molar-refractivity contribution is -0.138. The molecule has 4 aliphatic heterocycles. The largest absolute Gasteiger partial charge is 0.486 e. The van der Waals surface area contributed by atoms with E-state index in [1.54, 1.807) is 18.2 Å². The Kier molecular flexibility index (Phi) is 19.8. The second kappa shape index (κ2) is 27.0. The van der Waals surface area contributed by atoms with Crippen LogP contribution in [-0.4, -0.2) is 177 Å². The van der Waals surface area contributed by atoms with Gasteiger partial charge in [-0.3, -0.25) is 67.4 Å². The van der Waals surface area contributed by atoms with E-state index in [4.69, 9.17) is 28.3 Å². The lowest BCUT2D eigenvalue weighted by Crippen LogP contribution is -2.42. The van der Waals surface area contributed by atoms with E-state index in [9.17, 15) is 52.7 Å². The molecular formula is C54H60N8O16. The first-order chi connectivity index (χ1) is 37.6. The first kappa shape index (κ1) is 57.2. The summed E-state index contributed by atoms with van der Waals surface area (Å²) in [5.41, 5.74) is 0.754. The Balaban J connectivity index is 1.04. The molecule has 4 heterocycles. The molecule has 0 radical (unpaired) electrons. The van der Waals surface area contributed by atoms with Crippen LogP contribution >= 0.6 is 0 Å². The van der Waals surface area contributed by atoms with Crippen molar-refractivity contribution in [2.24, 2.45) is 5.41 Å². The average Bonchev–Trinajstić information content (AvgIpc) is 4.11. The fraction of sp³-hybridized carbons (Fsp3) is 0.407. The maximum absolute atomic E-state index is 14.1. The Morgan fingerprint density at radius 1 is 0.590 bits per heavy atom. The fourth-order valence-electron chi connectivity index (χ4n) is 8.73. The molecular weight excluding hydrogens is 1020 g/mol. The zero-order chi connectivity index (χ0) is 55.8. The van der Waals surface area contributed by atoms with Gasteiger partial charge in [0, 0.05) is 149 Å². The van der Waals surface area contributed by atoms with Gasteiger partial charge in [-0.05, 0) is 44.2 Å². The monoisotopic (exact) mass is 1080 g/mol. The molecule has 2 aromatic carbocycles. The lowest BCUT2D eigenvalue weighted by atomic mass is 9.85. The summed E-state index contributed by atoms with van der Waals surface area (Å²) < 4.78 is 30.4. The number of ketones is 1. The average molecular weight is 1080 g/mol. The summed E-state index contributed by atoms with van der Waals surface area (Å²) in [7, 11) is 0. The summed E-state index contributed by atoms with van der Waals surface area (Å²) in [5, 5.41) is 8.68. The van der Waals surface area contributed by atoms with Gasteiger partial charge in [0.15, 0.2) is 22.6 Å². The second-order valence-electron chi connectivity index (χ2n) is 18.4. The van der Waals surface area contributed by atoms with Crippen molar-refractivity contribution in [1.82, 2.24) is 35.6 Å². The Morgan fingerprint density at radius 2 is 1.05 bits per heavy atom. The van der Waals surface area contributed by atoms with Crippen LogP contribution in [0, 0.1) is 5.41 Å². The maximum Gasteiger partial charge on any atom is 0.253 e. The number of nitrogens with one attached hydrogen (secondary N) is 3. The van der Waals surface area contributed by atoms with E-state index in [1.165, 1.54) is 6.07 Å². The molecule has 1 aliphatic carbocycles. The van der Waals surface area contributed by atoms with E-state index in [0.717, 1.165) is 69.9 Å². The molecule has 0 spiro atoms. The van der Waals surface area contributed by atoms with Gasteiger partial charge >= 0.3 is 0 Å². The second-order valence-corrected chi connectivity index (χ2v) is 18.4. The van der Waals surface area contributed by atoms with Crippen molar-refractivity contribution >= 4 is 86.5 Å². The van der Waals surface area contributed by atoms with Gasteiger partial charge in [0.25, 0.3) is 35.4 Å². The topological polar surface area (TPSA) is 300 Å². The first-order valence-electron chi connectivity index (χ1n) is 25.4. The van der Waals surface area contributed by atoms with Crippen LogP contribution < -0.4 is 31.0 Å². The van der Waals surface area contributed by atoms with Crippen LogP contribution in [0.1, 0.15) is 39.5 Å². The summed E-state index contributed by atoms with van der Waals surface area (Å²) in [6, 6.07) is 11.8. The van der Waals surface area contributed by atoms with E-state index >= 15 is 0 Å². The van der Waals surface area contributed by atoms with Crippen LogP contribution in [0.15, 0.2) is 88.1 Å². The van der Waals surface area contributed by atoms with Crippen LogP contribution in [0.4, 0.5) is 5.69 Å². The molecule has 7 rings (SSSR count). The minimum absolute atomic E-state index is 0.0110. The molecule has 0 aromatic heterocycles. The molecule has 0 saturated carbocycles. The van der Waals surface area contributed by atoms with Crippen molar-refractivity contribution in [1.29, 1.82) is 0 Å². The number of aromatic nitrogens is 1. The molecule has 9 amide bonds. The molecule has 5 aliphatic rings. The lowest BCUT2D eigenvalue weighted by Gasteiger charge is -2.33. The summed E-state index contributed by atoms with van der Waals surface area (Å²) >= 11 is 0. The van der Waals surface area contributed by atoms with Gasteiger partial charge in [0.2, 0.25) is 17.7 Å². The molecule has 78 heavy (non-hydrogen) atoms.